The van der Waals surface area contributed by atoms with Crippen LogP contribution in [0, 0.1) is 5.92 Å². The molecule has 1 saturated heterocycles. The monoisotopic (exact) mass is 316 g/mol. The van der Waals surface area contributed by atoms with Gasteiger partial charge in [0.2, 0.25) is 0 Å². The number of rotatable bonds is 3. The molecule has 2 N–H and O–H groups in total. The topological polar surface area (TPSA) is 29.3 Å². The molecule has 0 spiro atoms. The van der Waals surface area contributed by atoms with E-state index in [0.29, 0.717) is 11.6 Å². The first-order valence-electron chi connectivity index (χ1n) is 7.09. The maximum Gasteiger partial charge on any atom is 0.417 e. The quantitative estimate of drug-likeness (QED) is 0.856. The Kier molecular flexibility index (Phi) is 4.76. The molecule has 0 aromatic heterocycles. The van der Waals surface area contributed by atoms with Crippen LogP contribution in [-0.2, 0) is 6.18 Å². The minimum Gasteiger partial charge on any atom is -0.389 e. The van der Waals surface area contributed by atoms with Crippen LogP contribution in [0.3, 0.4) is 0 Å². The zero-order valence-electron chi connectivity index (χ0n) is 11.9. The summed E-state index contributed by atoms with van der Waals surface area (Å²) >= 11 is 4.72. The molecule has 2 nitrogen and oxygen atoms in total. The molecule has 1 aliphatic heterocycles. The number of hydrogen-bond donors (Lipinski definition) is 1. The van der Waals surface area contributed by atoms with Crippen molar-refractivity contribution in [2.24, 2.45) is 11.7 Å². The van der Waals surface area contributed by atoms with Crippen molar-refractivity contribution < 1.29 is 13.2 Å². The zero-order valence-corrected chi connectivity index (χ0v) is 12.7. The highest BCUT2D eigenvalue weighted by atomic mass is 32.1. The summed E-state index contributed by atoms with van der Waals surface area (Å²) in [5.74, 6) is 0.545. The highest BCUT2D eigenvalue weighted by Gasteiger charge is 2.35. The maximum absolute atomic E-state index is 13.2. The van der Waals surface area contributed by atoms with E-state index < -0.39 is 11.7 Å². The van der Waals surface area contributed by atoms with Gasteiger partial charge in [0.15, 0.2) is 0 Å². The smallest absolute Gasteiger partial charge is 0.389 e. The molecule has 0 amide bonds. The molecule has 0 bridgehead atoms. The lowest BCUT2D eigenvalue weighted by molar-refractivity contribution is -0.137. The molecule has 1 aliphatic rings. The number of thiocarbonyl (C=S) groups is 1. The molecule has 1 heterocycles. The van der Waals surface area contributed by atoms with Crippen molar-refractivity contribution in [3.63, 3.8) is 0 Å². The number of piperidine rings is 1. The highest BCUT2D eigenvalue weighted by Crippen LogP contribution is 2.35. The van der Waals surface area contributed by atoms with Gasteiger partial charge in [-0.2, -0.15) is 13.2 Å². The molecule has 0 saturated carbocycles. The molecule has 2 rings (SSSR count). The number of nitrogens with two attached hydrogens (primary N) is 1. The van der Waals surface area contributed by atoms with Crippen LogP contribution in [0.15, 0.2) is 18.2 Å². The predicted octanol–water partition coefficient (Wildman–Crippen LogP) is 3.97. The summed E-state index contributed by atoms with van der Waals surface area (Å²) in [5.41, 5.74) is 5.15. The Morgan fingerprint density at radius 1 is 1.43 bits per heavy atom. The van der Waals surface area contributed by atoms with Gasteiger partial charge >= 0.3 is 6.18 Å². The second-order valence-corrected chi connectivity index (χ2v) is 5.89. The second kappa shape index (κ2) is 6.22. The number of nitrogens with zero attached hydrogens (tertiary/aromatic N) is 1. The Balaban J connectivity index is 2.35. The summed E-state index contributed by atoms with van der Waals surface area (Å²) < 4.78 is 39.5. The molecule has 0 aliphatic carbocycles. The van der Waals surface area contributed by atoms with Crippen molar-refractivity contribution in [3.8, 4) is 0 Å². The average Bonchev–Trinajstić information content (AvgIpc) is 2.45. The third-order valence-corrected chi connectivity index (χ3v) is 4.26. The van der Waals surface area contributed by atoms with Crippen molar-refractivity contribution in [1.82, 2.24) is 0 Å². The van der Waals surface area contributed by atoms with Gasteiger partial charge in [0, 0.05) is 24.3 Å². The molecule has 116 valence electrons. The van der Waals surface area contributed by atoms with Crippen LogP contribution in [0.25, 0.3) is 0 Å². The maximum atomic E-state index is 13.2. The van der Waals surface area contributed by atoms with Gasteiger partial charge in [0.25, 0.3) is 0 Å². The molecule has 1 atom stereocenters. The zero-order chi connectivity index (χ0) is 15.6. The molecular formula is C15H19F3N2S. The first-order valence-corrected chi connectivity index (χ1v) is 7.49. The van der Waals surface area contributed by atoms with Gasteiger partial charge in [-0.25, -0.2) is 0 Å². The van der Waals surface area contributed by atoms with Crippen LogP contribution in [0.2, 0.25) is 0 Å². The number of anilines is 1. The summed E-state index contributed by atoms with van der Waals surface area (Å²) in [7, 11) is 0. The standard InChI is InChI=1S/C15H19F3N2S/c1-2-10-4-3-7-20(9-10)11-5-6-12(14(19)21)13(8-11)15(16,17)18/h5-6,8,10H,2-4,7,9H2,1H3,(H2,19,21). The van der Waals surface area contributed by atoms with Crippen LogP contribution in [0.4, 0.5) is 18.9 Å². The number of alkyl halides is 3. The predicted molar refractivity (Wildman–Crippen MR) is 82.6 cm³/mol. The van der Waals surface area contributed by atoms with Crippen molar-refractivity contribution >= 4 is 22.9 Å². The lowest BCUT2D eigenvalue weighted by Crippen LogP contribution is -2.35. The summed E-state index contributed by atoms with van der Waals surface area (Å²) in [5, 5.41) is 0. The van der Waals surface area contributed by atoms with E-state index in [-0.39, 0.29) is 10.6 Å². The third-order valence-electron chi connectivity index (χ3n) is 4.04. The van der Waals surface area contributed by atoms with Crippen LogP contribution in [0.1, 0.15) is 37.3 Å². The van der Waals surface area contributed by atoms with E-state index >= 15 is 0 Å². The van der Waals surface area contributed by atoms with Gasteiger partial charge in [-0.1, -0.05) is 25.6 Å². The van der Waals surface area contributed by atoms with Gasteiger partial charge in [0.1, 0.15) is 4.99 Å². The largest absolute Gasteiger partial charge is 0.417 e. The SMILES string of the molecule is CCC1CCCN(c2ccc(C(N)=S)c(C(F)(F)F)c2)C1. The van der Waals surface area contributed by atoms with Gasteiger partial charge in [-0.15, -0.1) is 0 Å². The Hall–Kier alpha value is -1.30. The first-order chi connectivity index (χ1) is 9.82. The second-order valence-electron chi connectivity index (χ2n) is 5.45. The third kappa shape index (κ3) is 3.67. The summed E-state index contributed by atoms with van der Waals surface area (Å²) in [6.07, 6.45) is -1.25. The molecule has 1 unspecified atom stereocenters. The van der Waals surface area contributed by atoms with Gasteiger partial charge in [-0.05, 0) is 37.0 Å². The molecule has 1 aromatic rings. The van der Waals surface area contributed by atoms with E-state index in [9.17, 15) is 13.2 Å². The average molecular weight is 316 g/mol. The molecule has 1 aromatic carbocycles. The minimum absolute atomic E-state index is 0.106. The molecule has 0 radical (unpaired) electrons. The summed E-state index contributed by atoms with van der Waals surface area (Å²) in [4.78, 5) is 1.80. The van der Waals surface area contributed by atoms with E-state index in [1.165, 1.54) is 12.1 Å². The summed E-state index contributed by atoms with van der Waals surface area (Å²) in [6, 6.07) is 4.24. The molecule has 6 heteroatoms. The van der Waals surface area contributed by atoms with Gasteiger partial charge in [0.05, 0.1) is 5.56 Å². The van der Waals surface area contributed by atoms with E-state index in [0.717, 1.165) is 32.4 Å². The summed E-state index contributed by atoms with van der Waals surface area (Å²) in [6.45, 7) is 3.71. The molecule has 1 fully saturated rings. The fraction of sp³-hybridized carbons (Fsp3) is 0.533. The minimum atomic E-state index is -4.45. The lowest BCUT2D eigenvalue weighted by Gasteiger charge is -2.34. The number of halogens is 3. The van der Waals surface area contributed by atoms with Gasteiger partial charge < -0.3 is 10.6 Å². The van der Waals surface area contributed by atoms with E-state index in [2.05, 4.69) is 6.92 Å². The highest BCUT2D eigenvalue weighted by molar-refractivity contribution is 7.80. The lowest BCUT2D eigenvalue weighted by atomic mass is 9.95. The molecular weight excluding hydrogens is 297 g/mol. The Bertz CT molecular complexity index is 528. The van der Waals surface area contributed by atoms with Crippen LogP contribution < -0.4 is 10.6 Å². The Morgan fingerprint density at radius 2 is 2.14 bits per heavy atom. The van der Waals surface area contributed by atoms with E-state index in [1.807, 2.05) is 4.90 Å². The van der Waals surface area contributed by atoms with Crippen molar-refractivity contribution in [2.45, 2.75) is 32.4 Å². The van der Waals surface area contributed by atoms with Crippen LogP contribution >= 0.6 is 12.2 Å². The normalized spacial score (nSPS) is 19.6. The Labute approximate surface area is 128 Å². The van der Waals surface area contributed by atoms with Gasteiger partial charge in [-0.3, -0.25) is 0 Å². The number of hydrogen-bond acceptors (Lipinski definition) is 2. The molecule has 21 heavy (non-hydrogen) atoms. The number of benzene rings is 1. The van der Waals surface area contributed by atoms with Crippen molar-refractivity contribution in [3.05, 3.63) is 29.3 Å². The van der Waals surface area contributed by atoms with E-state index in [4.69, 9.17) is 18.0 Å². The van der Waals surface area contributed by atoms with Crippen molar-refractivity contribution in [2.75, 3.05) is 18.0 Å². The van der Waals surface area contributed by atoms with Crippen molar-refractivity contribution in [1.29, 1.82) is 0 Å². The van der Waals surface area contributed by atoms with E-state index in [1.54, 1.807) is 6.07 Å². The van der Waals surface area contributed by atoms with Crippen LogP contribution in [0.5, 0.6) is 0 Å². The first kappa shape index (κ1) is 16.1. The fourth-order valence-corrected chi connectivity index (χ4v) is 2.99. The Morgan fingerprint density at radius 3 is 2.71 bits per heavy atom. The van der Waals surface area contributed by atoms with Crippen LogP contribution in [-0.4, -0.2) is 18.1 Å². The fourth-order valence-electron chi connectivity index (χ4n) is 2.81.